The predicted molar refractivity (Wildman–Crippen MR) is 76.4 cm³/mol. The molecular formula is C16H13N3O2. The number of pyridine rings is 1. The Labute approximate surface area is 120 Å². The van der Waals surface area contributed by atoms with Crippen molar-refractivity contribution in [2.24, 2.45) is 0 Å². The Bertz CT molecular complexity index is 835. The number of carbonyl (C=O) groups is 1. The van der Waals surface area contributed by atoms with Crippen LogP contribution in [0.5, 0.6) is 0 Å². The van der Waals surface area contributed by atoms with Crippen LogP contribution in [0.1, 0.15) is 34.6 Å². The average Bonchev–Trinajstić information content (AvgIpc) is 3.21. The number of aromatic nitrogens is 3. The third-order valence-electron chi connectivity index (χ3n) is 4.15. The molecule has 1 aromatic carbocycles. The fourth-order valence-electron chi connectivity index (χ4n) is 2.87. The summed E-state index contributed by atoms with van der Waals surface area (Å²) in [6.07, 6.45) is 3.63. The lowest BCUT2D eigenvalue weighted by Gasteiger charge is -2.13. The molecule has 1 N–H and O–H groups in total. The second-order valence-corrected chi connectivity index (χ2v) is 5.42. The SMILES string of the molecule is O=C(O)c1ccc2nnc(C3(c4ccccc4)CC3)n2c1. The highest BCUT2D eigenvalue weighted by Gasteiger charge is 2.49. The van der Waals surface area contributed by atoms with Gasteiger partial charge in [-0.05, 0) is 30.5 Å². The van der Waals surface area contributed by atoms with Crippen LogP contribution in [0.4, 0.5) is 0 Å². The highest BCUT2D eigenvalue weighted by molar-refractivity contribution is 5.87. The molecule has 0 amide bonds. The molecule has 0 saturated heterocycles. The predicted octanol–water partition coefficient (Wildman–Crippen LogP) is 2.51. The van der Waals surface area contributed by atoms with Gasteiger partial charge in [-0.2, -0.15) is 0 Å². The Hall–Kier alpha value is -2.69. The minimum atomic E-state index is -0.943. The number of fused-ring (bicyclic) bond motifs is 1. The standard InChI is InChI=1S/C16H13N3O2/c20-14(21)11-6-7-13-17-18-15(19(13)10-11)16(8-9-16)12-4-2-1-3-5-12/h1-7,10H,8-9H2,(H,20,21). The maximum atomic E-state index is 11.2. The van der Waals surface area contributed by atoms with E-state index in [1.165, 1.54) is 5.56 Å². The molecule has 5 nitrogen and oxygen atoms in total. The highest BCUT2D eigenvalue weighted by Crippen LogP contribution is 2.52. The van der Waals surface area contributed by atoms with Gasteiger partial charge < -0.3 is 5.11 Å². The molecule has 21 heavy (non-hydrogen) atoms. The third-order valence-corrected chi connectivity index (χ3v) is 4.15. The van der Waals surface area contributed by atoms with Crippen LogP contribution in [0, 0.1) is 0 Å². The van der Waals surface area contributed by atoms with Crippen molar-refractivity contribution in [1.29, 1.82) is 0 Å². The Morgan fingerprint density at radius 2 is 1.86 bits per heavy atom. The largest absolute Gasteiger partial charge is 0.478 e. The molecule has 1 fully saturated rings. The first-order chi connectivity index (χ1) is 10.2. The Morgan fingerprint density at radius 3 is 2.52 bits per heavy atom. The number of benzene rings is 1. The van der Waals surface area contributed by atoms with Crippen LogP contribution in [-0.2, 0) is 5.41 Å². The van der Waals surface area contributed by atoms with E-state index in [0.717, 1.165) is 18.7 Å². The van der Waals surface area contributed by atoms with Crippen LogP contribution in [-0.4, -0.2) is 25.7 Å². The maximum absolute atomic E-state index is 11.2. The second-order valence-electron chi connectivity index (χ2n) is 5.42. The zero-order valence-electron chi connectivity index (χ0n) is 11.2. The van der Waals surface area contributed by atoms with Gasteiger partial charge in [0, 0.05) is 6.20 Å². The highest BCUT2D eigenvalue weighted by atomic mass is 16.4. The van der Waals surface area contributed by atoms with Crippen LogP contribution in [0.25, 0.3) is 5.65 Å². The first kappa shape index (κ1) is 12.1. The van der Waals surface area contributed by atoms with E-state index in [-0.39, 0.29) is 11.0 Å². The van der Waals surface area contributed by atoms with E-state index in [1.807, 2.05) is 22.6 Å². The van der Waals surface area contributed by atoms with E-state index in [4.69, 9.17) is 5.11 Å². The van der Waals surface area contributed by atoms with Crippen LogP contribution in [0.3, 0.4) is 0 Å². The Kier molecular flexibility index (Phi) is 2.39. The van der Waals surface area contributed by atoms with Gasteiger partial charge in [0.05, 0.1) is 11.0 Å². The number of carboxylic acid groups (broad SMARTS) is 1. The lowest BCUT2D eigenvalue weighted by atomic mass is 9.95. The van der Waals surface area contributed by atoms with Crippen molar-refractivity contribution >= 4 is 11.6 Å². The van der Waals surface area contributed by atoms with Crippen LogP contribution in [0.2, 0.25) is 0 Å². The fraction of sp³-hybridized carbons (Fsp3) is 0.188. The molecule has 0 atom stereocenters. The summed E-state index contributed by atoms with van der Waals surface area (Å²) in [6.45, 7) is 0. The van der Waals surface area contributed by atoms with E-state index < -0.39 is 5.97 Å². The van der Waals surface area contributed by atoms with Crippen molar-refractivity contribution in [3.63, 3.8) is 0 Å². The van der Waals surface area contributed by atoms with Gasteiger partial charge in [-0.25, -0.2) is 4.79 Å². The molecule has 0 unspecified atom stereocenters. The van der Waals surface area contributed by atoms with E-state index in [9.17, 15) is 4.79 Å². The number of hydrogen-bond acceptors (Lipinski definition) is 3. The van der Waals surface area contributed by atoms with E-state index in [0.29, 0.717) is 5.65 Å². The quantitative estimate of drug-likeness (QED) is 0.800. The Balaban J connectivity index is 1.91. The normalized spacial score (nSPS) is 16.0. The summed E-state index contributed by atoms with van der Waals surface area (Å²) in [6, 6.07) is 13.5. The summed E-state index contributed by atoms with van der Waals surface area (Å²) >= 11 is 0. The summed E-state index contributed by atoms with van der Waals surface area (Å²) in [5.74, 6) is -0.118. The number of nitrogens with zero attached hydrogens (tertiary/aromatic N) is 3. The smallest absolute Gasteiger partial charge is 0.337 e. The molecule has 3 aromatic rings. The van der Waals surface area contributed by atoms with Crippen molar-refractivity contribution in [2.45, 2.75) is 18.3 Å². The molecule has 4 rings (SSSR count). The Morgan fingerprint density at radius 1 is 1.10 bits per heavy atom. The lowest BCUT2D eigenvalue weighted by Crippen LogP contribution is -2.14. The topological polar surface area (TPSA) is 67.5 Å². The van der Waals surface area contributed by atoms with Gasteiger partial charge in [0.1, 0.15) is 5.82 Å². The van der Waals surface area contributed by atoms with E-state index >= 15 is 0 Å². The van der Waals surface area contributed by atoms with Gasteiger partial charge in [-0.1, -0.05) is 30.3 Å². The second kappa shape index (κ2) is 4.15. The summed E-state index contributed by atoms with van der Waals surface area (Å²) in [7, 11) is 0. The number of rotatable bonds is 3. The van der Waals surface area contributed by atoms with Crippen molar-refractivity contribution in [2.75, 3.05) is 0 Å². The van der Waals surface area contributed by atoms with Crippen molar-refractivity contribution in [1.82, 2.24) is 14.6 Å². The molecule has 0 radical (unpaired) electrons. The van der Waals surface area contributed by atoms with Gasteiger partial charge in [0.2, 0.25) is 0 Å². The minimum Gasteiger partial charge on any atom is -0.478 e. The minimum absolute atomic E-state index is 0.127. The number of aromatic carboxylic acids is 1. The molecule has 2 aromatic heterocycles. The van der Waals surface area contributed by atoms with Crippen LogP contribution < -0.4 is 0 Å². The molecule has 1 saturated carbocycles. The van der Waals surface area contributed by atoms with Gasteiger partial charge in [0.15, 0.2) is 5.65 Å². The lowest BCUT2D eigenvalue weighted by molar-refractivity contribution is 0.0696. The van der Waals surface area contributed by atoms with Gasteiger partial charge in [0.25, 0.3) is 0 Å². The number of carboxylic acids is 1. The van der Waals surface area contributed by atoms with Gasteiger partial charge in [-0.15, -0.1) is 10.2 Å². The van der Waals surface area contributed by atoms with Crippen LogP contribution in [0.15, 0.2) is 48.7 Å². The summed E-state index contributed by atoms with van der Waals surface area (Å²) < 4.78 is 1.81. The van der Waals surface area contributed by atoms with E-state index in [2.05, 4.69) is 22.3 Å². The van der Waals surface area contributed by atoms with E-state index in [1.54, 1.807) is 18.3 Å². The molecule has 5 heteroatoms. The molecule has 104 valence electrons. The summed E-state index contributed by atoms with van der Waals surface area (Å²) in [4.78, 5) is 11.2. The summed E-state index contributed by atoms with van der Waals surface area (Å²) in [5, 5.41) is 17.7. The summed E-state index contributed by atoms with van der Waals surface area (Å²) in [5.41, 5.74) is 2.00. The van der Waals surface area contributed by atoms with Crippen LogP contribution >= 0.6 is 0 Å². The molecule has 2 heterocycles. The van der Waals surface area contributed by atoms with Crippen molar-refractivity contribution in [3.8, 4) is 0 Å². The molecule has 0 spiro atoms. The van der Waals surface area contributed by atoms with Crippen molar-refractivity contribution in [3.05, 3.63) is 65.6 Å². The first-order valence-electron chi connectivity index (χ1n) is 6.85. The van der Waals surface area contributed by atoms with Gasteiger partial charge in [-0.3, -0.25) is 4.40 Å². The maximum Gasteiger partial charge on any atom is 0.337 e. The molecule has 0 aliphatic heterocycles. The molecular weight excluding hydrogens is 266 g/mol. The number of hydrogen-bond donors (Lipinski definition) is 1. The first-order valence-corrected chi connectivity index (χ1v) is 6.85. The zero-order chi connectivity index (χ0) is 14.4. The van der Waals surface area contributed by atoms with Crippen molar-refractivity contribution < 1.29 is 9.90 Å². The van der Waals surface area contributed by atoms with Gasteiger partial charge >= 0.3 is 5.97 Å². The third kappa shape index (κ3) is 1.74. The molecule has 1 aliphatic carbocycles. The molecule has 1 aliphatic rings. The average molecular weight is 279 g/mol. The monoisotopic (exact) mass is 279 g/mol. The zero-order valence-corrected chi connectivity index (χ0v) is 11.2. The molecule has 0 bridgehead atoms. The fourth-order valence-corrected chi connectivity index (χ4v) is 2.87.